The van der Waals surface area contributed by atoms with E-state index in [0.717, 1.165) is 16.5 Å². The predicted octanol–water partition coefficient (Wildman–Crippen LogP) is 4.17. The van der Waals surface area contributed by atoms with E-state index in [9.17, 15) is 4.79 Å². The van der Waals surface area contributed by atoms with Crippen molar-refractivity contribution in [2.45, 2.75) is 45.7 Å². The molecule has 0 fully saturated rings. The molecule has 1 N–H and O–H groups in total. The maximum Gasteiger partial charge on any atom is 0.245 e. The molecule has 1 aromatic heterocycles. The second-order valence-electron chi connectivity index (χ2n) is 5.44. The van der Waals surface area contributed by atoms with Crippen LogP contribution in [-0.4, -0.2) is 15.7 Å². The third kappa shape index (κ3) is 3.97. The van der Waals surface area contributed by atoms with Gasteiger partial charge in [-0.3, -0.25) is 9.48 Å². The largest absolute Gasteiger partial charge is 0.347 e. The molecule has 1 amide bonds. The number of carbonyl (C=O) groups is 1. The Morgan fingerprint density at radius 1 is 1.27 bits per heavy atom. The highest BCUT2D eigenvalue weighted by atomic mass is 79.9. The van der Waals surface area contributed by atoms with Gasteiger partial charge < -0.3 is 5.32 Å². The number of rotatable bonds is 6. The zero-order valence-electron chi connectivity index (χ0n) is 13.2. The van der Waals surface area contributed by atoms with Crippen LogP contribution in [0.3, 0.4) is 0 Å². The van der Waals surface area contributed by atoms with Gasteiger partial charge in [-0.2, -0.15) is 5.10 Å². The van der Waals surface area contributed by atoms with Gasteiger partial charge >= 0.3 is 0 Å². The van der Waals surface area contributed by atoms with Gasteiger partial charge in [0, 0.05) is 6.20 Å². The fourth-order valence-electron chi connectivity index (χ4n) is 2.47. The van der Waals surface area contributed by atoms with Crippen molar-refractivity contribution < 1.29 is 4.79 Å². The Morgan fingerprint density at radius 2 is 1.95 bits per heavy atom. The normalized spacial score (nSPS) is 13.6. The first kappa shape index (κ1) is 16.7. The quantitative estimate of drug-likeness (QED) is 0.836. The zero-order valence-corrected chi connectivity index (χ0v) is 14.8. The summed E-state index contributed by atoms with van der Waals surface area (Å²) in [6, 6.07) is 8.05. The van der Waals surface area contributed by atoms with Gasteiger partial charge in [0.1, 0.15) is 6.04 Å². The van der Waals surface area contributed by atoms with Gasteiger partial charge in [-0.15, -0.1) is 0 Å². The Labute approximate surface area is 140 Å². The lowest BCUT2D eigenvalue weighted by Crippen LogP contribution is -2.35. The molecule has 118 valence electrons. The van der Waals surface area contributed by atoms with Crippen LogP contribution in [0.1, 0.15) is 49.9 Å². The SMILES string of the molecule is CCC(NC(=O)C(CC)n1cc(Br)cn1)c1ccc(C)cc1. The van der Waals surface area contributed by atoms with Crippen molar-refractivity contribution in [3.8, 4) is 0 Å². The lowest BCUT2D eigenvalue weighted by molar-refractivity contribution is -0.125. The van der Waals surface area contributed by atoms with E-state index >= 15 is 0 Å². The van der Waals surface area contributed by atoms with Gasteiger partial charge in [-0.1, -0.05) is 43.7 Å². The van der Waals surface area contributed by atoms with Crippen molar-refractivity contribution in [1.82, 2.24) is 15.1 Å². The third-order valence-electron chi connectivity index (χ3n) is 3.78. The van der Waals surface area contributed by atoms with E-state index < -0.39 is 0 Å². The summed E-state index contributed by atoms with van der Waals surface area (Å²) in [7, 11) is 0. The number of hydrogen-bond acceptors (Lipinski definition) is 2. The standard InChI is InChI=1S/C17H22BrN3O/c1-4-15(13-8-6-12(3)7-9-13)20-17(22)16(5-2)21-11-14(18)10-19-21/h6-11,15-16H,4-5H2,1-3H3,(H,20,22). The van der Waals surface area contributed by atoms with E-state index in [4.69, 9.17) is 0 Å². The van der Waals surface area contributed by atoms with Gasteiger partial charge in [0.2, 0.25) is 5.91 Å². The molecular formula is C17H22BrN3O. The van der Waals surface area contributed by atoms with Crippen LogP contribution in [0.25, 0.3) is 0 Å². The third-order valence-corrected chi connectivity index (χ3v) is 4.19. The first-order valence-corrected chi connectivity index (χ1v) is 8.41. The van der Waals surface area contributed by atoms with Crippen LogP contribution in [0, 0.1) is 6.92 Å². The fourth-order valence-corrected chi connectivity index (χ4v) is 2.77. The summed E-state index contributed by atoms with van der Waals surface area (Å²) in [6.45, 7) is 6.13. The van der Waals surface area contributed by atoms with E-state index in [-0.39, 0.29) is 18.0 Å². The summed E-state index contributed by atoms with van der Waals surface area (Å²) in [4.78, 5) is 12.6. The zero-order chi connectivity index (χ0) is 16.1. The maximum atomic E-state index is 12.6. The Hall–Kier alpha value is -1.62. The van der Waals surface area contributed by atoms with E-state index in [1.807, 2.05) is 13.1 Å². The molecule has 5 heteroatoms. The highest BCUT2D eigenvalue weighted by Gasteiger charge is 2.22. The van der Waals surface area contributed by atoms with Crippen molar-refractivity contribution in [3.05, 3.63) is 52.3 Å². The van der Waals surface area contributed by atoms with E-state index in [2.05, 4.69) is 64.5 Å². The van der Waals surface area contributed by atoms with Gasteiger partial charge in [-0.25, -0.2) is 0 Å². The lowest BCUT2D eigenvalue weighted by Gasteiger charge is -2.22. The van der Waals surface area contributed by atoms with Crippen molar-refractivity contribution in [3.63, 3.8) is 0 Å². The monoisotopic (exact) mass is 363 g/mol. The summed E-state index contributed by atoms with van der Waals surface area (Å²) >= 11 is 3.37. The molecule has 2 atom stereocenters. The summed E-state index contributed by atoms with van der Waals surface area (Å²) in [5.41, 5.74) is 2.36. The van der Waals surface area contributed by atoms with Crippen LogP contribution < -0.4 is 5.32 Å². The number of amides is 1. The van der Waals surface area contributed by atoms with Crippen molar-refractivity contribution in [2.24, 2.45) is 0 Å². The molecule has 0 aliphatic rings. The number of aryl methyl sites for hydroxylation is 1. The molecule has 0 radical (unpaired) electrons. The number of aromatic nitrogens is 2. The molecule has 2 unspecified atom stereocenters. The molecule has 1 aromatic carbocycles. The van der Waals surface area contributed by atoms with Crippen molar-refractivity contribution in [1.29, 1.82) is 0 Å². The second-order valence-corrected chi connectivity index (χ2v) is 6.36. The van der Waals surface area contributed by atoms with E-state index in [1.165, 1.54) is 5.56 Å². The second kappa shape index (κ2) is 7.58. The molecule has 0 bridgehead atoms. The number of hydrogen-bond donors (Lipinski definition) is 1. The topological polar surface area (TPSA) is 46.9 Å². The minimum absolute atomic E-state index is 0.00512. The summed E-state index contributed by atoms with van der Waals surface area (Å²) in [5, 5.41) is 7.38. The summed E-state index contributed by atoms with van der Waals surface area (Å²) in [5.74, 6) is 0.00512. The van der Waals surface area contributed by atoms with Gasteiger partial charge in [0.15, 0.2) is 0 Å². The van der Waals surface area contributed by atoms with Gasteiger partial charge in [0.25, 0.3) is 0 Å². The molecular weight excluding hydrogens is 342 g/mol. The number of nitrogens with one attached hydrogen (secondary N) is 1. The lowest BCUT2D eigenvalue weighted by atomic mass is 10.0. The molecule has 4 nitrogen and oxygen atoms in total. The maximum absolute atomic E-state index is 12.6. The highest BCUT2D eigenvalue weighted by Crippen LogP contribution is 2.20. The first-order chi connectivity index (χ1) is 10.5. The Morgan fingerprint density at radius 3 is 2.45 bits per heavy atom. The molecule has 0 saturated carbocycles. The average Bonchev–Trinajstić information content (AvgIpc) is 2.93. The van der Waals surface area contributed by atoms with Crippen LogP contribution in [-0.2, 0) is 4.79 Å². The molecule has 2 rings (SSSR count). The highest BCUT2D eigenvalue weighted by molar-refractivity contribution is 9.10. The van der Waals surface area contributed by atoms with Crippen LogP contribution >= 0.6 is 15.9 Å². The number of nitrogens with zero attached hydrogens (tertiary/aromatic N) is 2. The van der Waals surface area contributed by atoms with Gasteiger partial charge in [0.05, 0.1) is 16.7 Å². The van der Waals surface area contributed by atoms with Crippen molar-refractivity contribution >= 4 is 21.8 Å². The summed E-state index contributed by atoms with van der Waals surface area (Å²) in [6.07, 6.45) is 5.09. The van der Waals surface area contributed by atoms with Crippen LogP contribution in [0.4, 0.5) is 0 Å². The molecule has 0 aliphatic heterocycles. The minimum Gasteiger partial charge on any atom is -0.347 e. The number of benzene rings is 1. The van der Waals surface area contributed by atoms with Crippen LogP contribution in [0.15, 0.2) is 41.1 Å². The Kier molecular flexibility index (Phi) is 5.77. The smallest absolute Gasteiger partial charge is 0.245 e. The van der Waals surface area contributed by atoms with Crippen molar-refractivity contribution in [2.75, 3.05) is 0 Å². The van der Waals surface area contributed by atoms with Crippen LogP contribution in [0.2, 0.25) is 0 Å². The molecule has 22 heavy (non-hydrogen) atoms. The average molecular weight is 364 g/mol. The number of carbonyl (C=O) groups excluding carboxylic acids is 1. The molecule has 2 aromatic rings. The molecule has 0 spiro atoms. The Balaban J connectivity index is 2.12. The van der Waals surface area contributed by atoms with E-state index in [0.29, 0.717) is 6.42 Å². The minimum atomic E-state index is -0.286. The Bertz CT molecular complexity index is 621. The molecule has 0 saturated heterocycles. The molecule has 1 heterocycles. The van der Waals surface area contributed by atoms with Gasteiger partial charge in [-0.05, 0) is 41.3 Å². The summed E-state index contributed by atoms with van der Waals surface area (Å²) < 4.78 is 2.59. The molecule has 0 aliphatic carbocycles. The number of halogens is 1. The fraction of sp³-hybridized carbons (Fsp3) is 0.412. The van der Waals surface area contributed by atoms with Crippen LogP contribution in [0.5, 0.6) is 0 Å². The first-order valence-electron chi connectivity index (χ1n) is 7.61. The van der Waals surface area contributed by atoms with E-state index in [1.54, 1.807) is 10.9 Å². The predicted molar refractivity (Wildman–Crippen MR) is 91.6 cm³/mol.